The highest BCUT2D eigenvalue weighted by atomic mass is 16.5. The minimum atomic E-state index is -1.03. The number of pyridine rings is 1. The van der Waals surface area contributed by atoms with Crippen LogP contribution in [0.25, 0.3) is 0 Å². The number of amides is 1. The molecule has 108 valence electrons. The van der Waals surface area contributed by atoms with Crippen LogP contribution in [0.4, 0.5) is 0 Å². The number of aromatic carboxylic acids is 1. The molecule has 0 atom stereocenters. The van der Waals surface area contributed by atoms with Crippen molar-refractivity contribution in [3.8, 4) is 5.75 Å². The van der Waals surface area contributed by atoms with Crippen molar-refractivity contribution in [3.05, 3.63) is 59.4 Å². The molecule has 0 aliphatic carbocycles. The largest absolute Gasteiger partial charge is 0.497 e. The molecule has 6 heteroatoms. The number of carbonyl (C=O) groups is 2. The van der Waals surface area contributed by atoms with Crippen molar-refractivity contribution in [1.29, 1.82) is 0 Å². The smallest absolute Gasteiger partial charge is 0.335 e. The molecule has 0 saturated carbocycles. The van der Waals surface area contributed by atoms with Gasteiger partial charge in [0, 0.05) is 11.8 Å². The van der Waals surface area contributed by atoms with Gasteiger partial charge < -0.3 is 15.2 Å². The Morgan fingerprint density at radius 1 is 1.24 bits per heavy atom. The quantitative estimate of drug-likeness (QED) is 0.873. The first kappa shape index (κ1) is 14.5. The lowest BCUT2D eigenvalue weighted by Crippen LogP contribution is -2.23. The van der Waals surface area contributed by atoms with Crippen LogP contribution in [0.3, 0.4) is 0 Å². The van der Waals surface area contributed by atoms with Crippen LogP contribution < -0.4 is 10.1 Å². The van der Waals surface area contributed by atoms with Gasteiger partial charge in [-0.3, -0.25) is 9.78 Å². The number of nitrogens with one attached hydrogen (secondary N) is 1. The molecule has 0 saturated heterocycles. The third kappa shape index (κ3) is 3.79. The zero-order valence-corrected chi connectivity index (χ0v) is 11.4. The summed E-state index contributed by atoms with van der Waals surface area (Å²) in [5.74, 6) is -0.720. The molecule has 2 rings (SSSR count). The van der Waals surface area contributed by atoms with E-state index in [4.69, 9.17) is 9.84 Å². The molecule has 0 radical (unpaired) electrons. The molecule has 0 bridgehead atoms. The number of aromatic nitrogens is 1. The summed E-state index contributed by atoms with van der Waals surface area (Å²) >= 11 is 0. The summed E-state index contributed by atoms with van der Waals surface area (Å²) < 4.78 is 5.05. The number of nitrogens with zero attached hydrogens (tertiary/aromatic N) is 1. The average molecular weight is 286 g/mol. The van der Waals surface area contributed by atoms with E-state index < -0.39 is 5.97 Å². The van der Waals surface area contributed by atoms with Crippen molar-refractivity contribution in [2.45, 2.75) is 6.54 Å². The molecule has 1 heterocycles. The van der Waals surface area contributed by atoms with E-state index >= 15 is 0 Å². The van der Waals surface area contributed by atoms with Gasteiger partial charge in [-0.2, -0.15) is 0 Å². The maximum absolute atomic E-state index is 12.0. The molecule has 1 amide bonds. The molecule has 0 aliphatic heterocycles. The Labute approximate surface area is 121 Å². The first-order valence-corrected chi connectivity index (χ1v) is 6.20. The minimum absolute atomic E-state index is 0.135. The van der Waals surface area contributed by atoms with Crippen LogP contribution in [0.1, 0.15) is 26.4 Å². The van der Waals surface area contributed by atoms with Crippen molar-refractivity contribution in [1.82, 2.24) is 10.3 Å². The third-order valence-electron chi connectivity index (χ3n) is 2.83. The fourth-order valence-corrected chi connectivity index (χ4v) is 1.75. The summed E-state index contributed by atoms with van der Waals surface area (Å²) in [4.78, 5) is 26.9. The van der Waals surface area contributed by atoms with Crippen LogP contribution in [-0.2, 0) is 6.54 Å². The summed E-state index contributed by atoms with van der Waals surface area (Å²) in [6, 6.07) is 9.57. The van der Waals surface area contributed by atoms with Gasteiger partial charge in [-0.25, -0.2) is 4.79 Å². The lowest BCUT2D eigenvalue weighted by Gasteiger charge is -2.07. The maximum atomic E-state index is 12.0. The van der Waals surface area contributed by atoms with Gasteiger partial charge in [0.2, 0.25) is 0 Å². The van der Waals surface area contributed by atoms with E-state index in [1.165, 1.54) is 25.4 Å². The molecule has 1 aromatic heterocycles. The number of methoxy groups -OCH3 is 1. The third-order valence-corrected chi connectivity index (χ3v) is 2.83. The fourth-order valence-electron chi connectivity index (χ4n) is 1.75. The summed E-state index contributed by atoms with van der Waals surface area (Å²) in [5, 5.41) is 11.6. The van der Waals surface area contributed by atoms with E-state index in [9.17, 15) is 9.59 Å². The molecule has 21 heavy (non-hydrogen) atoms. The number of ether oxygens (including phenoxy) is 1. The van der Waals surface area contributed by atoms with Crippen LogP contribution in [0.2, 0.25) is 0 Å². The number of rotatable bonds is 5. The highest BCUT2D eigenvalue weighted by Crippen LogP contribution is 2.12. The predicted octanol–water partition coefficient (Wildman–Crippen LogP) is 1.72. The number of carboxylic acids is 1. The van der Waals surface area contributed by atoms with Crippen molar-refractivity contribution < 1.29 is 19.4 Å². The predicted molar refractivity (Wildman–Crippen MR) is 75.4 cm³/mol. The topological polar surface area (TPSA) is 88.5 Å². The lowest BCUT2D eigenvalue weighted by atomic mass is 10.2. The molecule has 2 aromatic rings. The van der Waals surface area contributed by atoms with E-state index in [-0.39, 0.29) is 18.0 Å². The normalized spacial score (nSPS) is 9.95. The fraction of sp³-hybridized carbons (Fsp3) is 0.133. The molecule has 0 fully saturated rings. The maximum Gasteiger partial charge on any atom is 0.335 e. The second-order valence-electron chi connectivity index (χ2n) is 4.26. The van der Waals surface area contributed by atoms with Crippen LogP contribution in [0.5, 0.6) is 5.75 Å². The van der Waals surface area contributed by atoms with E-state index in [2.05, 4.69) is 10.3 Å². The first-order chi connectivity index (χ1) is 10.1. The number of benzene rings is 1. The van der Waals surface area contributed by atoms with Crippen LogP contribution >= 0.6 is 0 Å². The summed E-state index contributed by atoms with van der Waals surface area (Å²) in [5.41, 5.74) is 1.07. The Hall–Kier alpha value is -2.89. The van der Waals surface area contributed by atoms with Gasteiger partial charge in [-0.1, -0.05) is 6.07 Å². The molecular formula is C15H14N2O4. The Balaban J connectivity index is 2.03. The summed E-state index contributed by atoms with van der Waals surface area (Å²) in [7, 11) is 1.53. The van der Waals surface area contributed by atoms with Crippen molar-refractivity contribution >= 4 is 11.9 Å². The van der Waals surface area contributed by atoms with Crippen LogP contribution in [-0.4, -0.2) is 29.1 Å². The number of hydrogen-bond acceptors (Lipinski definition) is 4. The molecular weight excluding hydrogens is 272 g/mol. The second-order valence-corrected chi connectivity index (χ2v) is 4.26. The number of carboxylic acid groups (broad SMARTS) is 1. The second kappa shape index (κ2) is 6.51. The summed E-state index contributed by atoms with van der Waals surface area (Å²) in [6.45, 7) is 0.150. The van der Waals surface area contributed by atoms with Crippen molar-refractivity contribution in [2.24, 2.45) is 0 Å². The molecule has 0 spiro atoms. The Morgan fingerprint density at radius 3 is 2.76 bits per heavy atom. The first-order valence-electron chi connectivity index (χ1n) is 6.20. The number of hydrogen-bond donors (Lipinski definition) is 2. The lowest BCUT2D eigenvalue weighted by molar-refractivity contribution is 0.0696. The van der Waals surface area contributed by atoms with Gasteiger partial charge in [0.1, 0.15) is 5.75 Å². The highest BCUT2D eigenvalue weighted by Gasteiger charge is 2.08. The van der Waals surface area contributed by atoms with E-state index in [1.807, 2.05) is 0 Å². The van der Waals surface area contributed by atoms with Crippen molar-refractivity contribution in [2.75, 3.05) is 7.11 Å². The van der Waals surface area contributed by atoms with Gasteiger partial charge in [0.05, 0.1) is 24.9 Å². The van der Waals surface area contributed by atoms with Gasteiger partial charge in [0.15, 0.2) is 0 Å². The molecule has 1 aromatic carbocycles. The molecule has 6 nitrogen and oxygen atoms in total. The van der Waals surface area contributed by atoms with Crippen molar-refractivity contribution in [3.63, 3.8) is 0 Å². The van der Waals surface area contributed by atoms with Gasteiger partial charge in [0.25, 0.3) is 5.91 Å². The van der Waals surface area contributed by atoms with E-state index in [0.717, 1.165) is 0 Å². The van der Waals surface area contributed by atoms with Crippen LogP contribution in [0, 0.1) is 0 Å². The standard InChI is InChI=1S/C15H14N2O4/c1-21-13-4-2-3-10(8-13)14(18)17-9-12-7-11(15(19)20)5-6-16-12/h2-8H,9H2,1H3,(H,17,18)(H,19,20). The van der Waals surface area contributed by atoms with E-state index in [1.54, 1.807) is 24.3 Å². The van der Waals surface area contributed by atoms with Gasteiger partial charge >= 0.3 is 5.97 Å². The van der Waals surface area contributed by atoms with E-state index in [0.29, 0.717) is 17.0 Å². The highest BCUT2D eigenvalue weighted by molar-refractivity contribution is 5.94. The Kier molecular flexibility index (Phi) is 4.50. The van der Waals surface area contributed by atoms with Gasteiger partial charge in [-0.15, -0.1) is 0 Å². The monoisotopic (exact) mass is 286 g/mol. The Morgan fingerprint density at radius 2 is 2.05 bits per heavy atom. The molecule has 2 N–H and O–H groups in total. The minimum Gasteiger partial charge on any atom is -0.497 e. The SMILES string of the molecule is COc1cccc(C(=O)NCc2cc(C(=O)O)ccn2)c1. The zero-order chi connectivity index (χ0) is 15.2. The molecule has 0 unspecified atom stereocenters. The molecule has 0 aliphatic rings. The van der Waals surface area contributed by atoms with Gasteiger partial charge in [-0.05, 0) is 30.3 Å². The summed E-state index contributed by atoms with van der Waals surface area (Å²) in [6.07, 6.45) is 1.40. The van der Waals surface area contributed by atoms with Crippen LogP contribution in [0.15, 0.2) is 42.6 Å². The average Bonchev–Trinajstić information content (AvgIpc) is 2.53. The zero-order valence-electron chi connectivity index (χ0n) is 11.4. The number of carbonyl (C=O) groups excluding carboxylic acids is 1. The Bertz CT molecular complexity index is 670.